The van der Waals surface area contributed by atoms with E-state index < -0.39 is 5.91 Å². The van der Waals surface area contributed by atoms with E-state index in [0.717, 1.165) is 5.01 Å². The van der Waals surface area contributed by atoms with Gasteiger partial charge in [-0.05, 0) is 35.9 Å². The van der Waals surface area contributed by atoms with Crippen molar-refractivity contribution in [3.05, 3.63) is 33.3 Å². The molecule has 112 valence electrons. The maximum Gasteiger partial charge on any atom is 0.293 e. The fourth-order valence-corrected chi connectivity index (χ4v) is 2.41. The maximum atomic E-state index is 12.4. The molecule has 1 aromatic heterocycles. The first-order valence-electron chi connectivity index (χ1n) is 6.00. The number of hydrogen-bond donors (Lipinski definition) is 2. The summed E-state index contributed by atoms with van der Waals surface area (Å²) in [5, 5.41) is 27.9. The zero-order chi connectivity index (χ0) is 15.9. The Balaban J connectivity index is 1.99. The lowest BCUT2D eigenvalue weighted by molar-refractivity contribution is -0.114. The molecule has 10 heteroatoms. The van der Waals surface area contributed by atoms with Crippen molar-refractivity contribution in [1.29, 1.82) is 0 Å². The minimum absolute atomic E-state index is 0.0505. The fraction of sp³-hybridized carbons (Fsp3) is 0.0833. The van der Waals surface area contributed by atoms with Gasteiger partial charge >= 0.3 is 0 Å². The number of tetrazole rings is 1. The molecule has 1 aliphatic heterocycles. The summed E-state index contributed by atoms with van der Waals surface area (Å²) in [5.41, 5.74) is 1.37. The van der Waals surface area contributed by atoms with E-state index in [0.29, 0.717) is 16.8 Å². The second kappa shape index (κ2) is 5.39. The van der Waals surface area contributed by atoms with Gasteiger partial charge < -0.3 is 5.11 Å². The smallest absolute Gasteiger partial charge is 0.293 e. The topological polar surface area (TPSA) is 107 Å². The van der Waals surface area contributed by atoms with E-state index in [9.17, 15) is 9.90 Å². The lowest BCUT2D eigenvalue weighted by Gasteiger charge is -2.05. The van der Waals surface area contributed by atoms with Crippen molar-refractivity contribution in [3.8, 4) is 5.75 Å². The van der Waals surface area contributed by atoms with E-state index in [1.165, 1.54) is 12.1 Å². The van der Waals surface area contributed by atoms with E-state index in [-0.39, 0.29) is 21.7 Å². The van der Waals surface area contributed by atoms with E-state index in [4.69, 9.17) is 23.2 Å². The summed E-state index contributed by atoms with van der Waals surface area (Å²) in [6.45, 7) is 1.67. The van der Waals surface area contributed by atoms with E-state index in [1.807, 2.05) is 0 Å². The van der Waals surface area contributed by atoms with Crippen molar-refractivity contribution < 1.29 is 9.90 Å². The van der Waals surface area contributed by atoms with Gasteiger partial charge in [0.25, 0.3) is 11.9 Å². The van der Waals surface area contributed by atoms with Crippen LogP contribution < -0.4 is 5.01 Å². The van der Waals surface area contributed by atoms with Gasteiger partial charge in [0.15, 0.2) is 5.75 Å². The van der Waals surface area contributed by atoms with Crippen molar-refractivity contribution in [3.63, 3.8) is 0 Å². The molecule has 3 rings (SSSR count). The quantitative estimate of drug-likeness (QED) is 0.814. The number of nitrogens with one attached hydrogen (secondary N) is 1. The second-order valence-corrected chi connectivity index (χ2v) is 5.22. The molecule has 0 spiro atoms. The lowest BCUT2D eigenvalue weighted by atomic mass is 10.1. The van der Waals surface area contributed by atoms with Gasteiger partial charge in [0.2, 0.25) is 0 Å². The number of phenols is 1. The Bertz CT molecular complexity index is 792. The number of H-pyrrole nitrogens is 1. The lowest BCUT2D eigenvalue weighted by Crippen LogP contribution is -2.22. The number of aromatic amines is 1. The highest BCUT2D eigenvalue weighted by molar-refractivity contribution is 6.37. The number of hydrazone groups is 1. The van der Waals surface area contributed by atoms with E-state index in [2.05, 4.69) is 25.7 Å². The highest BCUT2D eigenvalue weighted by Crippen LogP contribution is 2.34. The third-order valence-electron chi connectivity index (χ3n) is 2.94. The number of halogens is 2. The average Bonchev–Trinajstić information content (AvgIpc) is 3.08. The molecule has 0 radical (unpaired) electrons. The predicted molar refractivity (Wildman–Crippen MR) is 80.9 cm³/mol. The molecule has 0 atom stereocenters. The molecule has 0 saturated carbocycles. The molecule has 0 bridgehead atoms. The van der Waals surface area contributed by atoms with E-state index >= 15 is 0 Å². The normalized spacial score (nSPS) is 16.5. The molecule has 0 aliphatic carbocycles. The number of amides is 1. The number of carbonyl (C=O) groups excluding carboxylic acids is 1. The Morgan fingerprint density at radius 2 is 2.00 bits per heavy atom. The van der Waals surface area contributed by atoms with Gasteiger partial charge in [-0.25, -0.2) is 0 Å². The van der Waals surface area contributed by atoms with Crippen LogP contribution in [0.15, 0.2) is 22.8 Å². The van der Waals surface area contributed by atoms with Gasteiger partial charge in [0.1, 0.15) is 0 Å². The van der Waals surface area contributed by atoms with E-state index in [1.54, 1.807) is 13.0 Å². The van der Waals surface area contributed by atoms with Crippen LogP contribution in [-0.2, 0) is 4.79 Å². The molecule has 8 nitrogen and oxygen atoms in total. The zero-order valence-corrected chi connectivity index (χ0v) is 12.6. The minimum atomic E-state index is -0.404. The first kappa shape index (κ1) is 14.5. The molecule has 0 unspecified atom stereocenters. The summed E-state index contributed by atoms with van der Waals surface area (Å²) in [7, 11) is 0. The van der Waals surface area contributed by atoms with Gasteiger partial charge in [0.05, 0.1) is 21.3 Å². The first-order chi connectivity index (χ1) is 10.5. The molecule has 22 heavy (non-hydrogen) atoms. The molecule has 2 aromatic rings. The summed E-state index contributed by atoms with van der Waals surface area (Å²) < 4.78 is 0. The average molecular weight is 339 g/mol. The first-order valence-corrected chi connectivity index (χ1v) is 6.76. The number of carbonyl (C=O) groups is 1. The van der Waals surface area contributed by atoms with Crippen LogP contribution in [0.25, 0.3) is 6.08 Å². The Kier molecular flexibility index (Phi) is 3.55. The van der Waals surface area contributed by atoms with Crippen LogP contribution in [-0.4, -0.2) is 37.3 Å². The summed E-state index contributed by atoms with van der Waals surface area (Å²) in [5.74, 6) is -0.559. The summed E-state index contributed by atoms with van der Waals surface area (Å²) in [4.78, 5) is 12.4. The highest BCUT2D eigenvalue weighted by atomic mass is 35.5. The molecule has 1 aromatic carbocycles. The standard InChI is InChI=1S/C12H8Cl2N6O2/c1-5-7(2-6-3-8(13)10(21)9(14)4-6)11(22)20(17-5)12-15-18-19-16-12/h2-4,21H,1H3,(H,15,16,18,19)/b7-2+. The summed E-state index contributed by atoms with van der Waals surface area (Å²) in [6.07, 6.45) is 1.57. The zero-order valence-electron chi connectivity index (χ0n) is 11.1. The third kappa shape index (κ3) is 2.42. The summed E-state index contributed by atoms with van der Waals surface area (Å²) >= 11 is 11.7. The van der Waals surface area contributed by atoms with Crippen molar-refractivity contribution in [2.75, 3.05) is 5.01 Å². The fourth-order valence-electron chi connectivity index (χ4n) is 1.90. The molecule has 2 heterocycles. The van der Waals surface area contributed by atoms with Crippen LogP contribution >= 0.6 is 23.2 Å². The number of anilines is 1. The van der Waals surface area contributed by atoms with Crippen molar-refractivity contribution in [2.45, 2.75) is 6.92 Å². The van der Waals surface area contributed by atoms with Crippen LogP contribution in [0.5, 0.6) is 5.75 Å². The van der Waals surface area contributed by atoms with Crippen LogP contribution in [0.3, 0.4) is 0 Å². The van der Waals surface area contributed by atoms with Crippen LogP contribution in [0, 0.1) is 0 Å². The number of benzene rings is 1. The monoisotopic (exact) mass is 338 g/mol. The molecule has 0 saturated heterocycles. The molecular formula is C12H8Cl2N6O2. The predicted octanol–water partition coefficient (Wildman–Crippen LogP) is 2.02. The van der Waals surface area contributed by atoms with Gasteiger partial charge in [-0.1, -0.05) is 28.3 Å². The highest BCUT2D eigenvalue weighted by Gasteiger charge is 2.31. The Hall–Kier alpha value is -2.45. The molecular weight excluding hydrogens is 331 g/mol. The molecule has 1 aliphatic rings. The summed E-state index contributed by atoms with van der Waals surface area (Å²) in [6, 6.07) is 2.99. The van der Waals surface area contributed by atoms with Crippen molar-refractivity contribution in [1.82, 2.24) is 20.6 Å². The SMILES string of the molecule is CC1=NN(c2nn[nH]n2)C(=O)/C1=C/c1cc(Cl)c(O)c(Cl)c1. The number of nitrogens with zero attached hydrogens (tertiary/aromatic N) is 5. The van der Waals surface area contributed by atoms with Crippen LogP contribution in [0.1, 0.15) is 12.5 Å². The number of phenolic OH excluding ortho intramolecular Hbond substituents is 1. The number of aromatic hydroxyl groups is 1. The van der Waals surface area contributed by atoms with Crippen LogP contribution in [0.4, 0.5) is 5.95 Å². The maximum absolute atomic E-state index is 12.4. The molecule has 0 fully saturated rings. The largest absolute Gasteiger partial charge is 0.505 e. The van der Waals surface area contributed by atoms with Crippen molar-refractivity contribution >= 4 is 46.8 Å². The van der Waals surface area contributed by atoms with Gasteiger partial charge in [-0.15, -0.1) is 5.10 Å². The Morgan fingerprint density at radius 3 is 2.59 bits per heavy atom. The minimum Gasteiger partial charge on any atom is -0.505 e. The Morgan fingerprint density at radius 1 is 1.32 bits per heavy atom. The van der Waals surface area contributed by atoms with Crippen molar-refractivity contribution in [2.24, 2.45) is 5.10 Å². The van der Waals surface area contributed by atoms with Crippen LogP contribution in [0.2, 0.25) is 10.0 Å². The molecule has 2 N–H and O–H groups in total. The number of rotatable bonds is 2. The number of aromatic nitrogens is 4. The second-order valence-electron chi connectivity index (χ2n) is 4.41. The molecule has 1 amide bonds. The van der Waals surface area contributed by atoms with Gasteiger partial charge in [-0.2, -0.15) is 15.3 Å². The van der Waals surface area contributed by atoms with Gasteiger partial charge in [-0.3, -0.25) is 4.79 Å². The third-order valence-corrected chi connectivity index (χ3v) is 3.51. The number of hydrogen-bond acceptors (Lipinski definition) is 6. The Labute approximate surface area is 134 Å². The van der Waals surface area contributed by atoms with Gasteiger partial charge in [0, 0.05) is 0 Å².